The van der Waals surface area contributed by atoms with Gasteiger partial charge >= 0.3 is 6.09 Å². The van der Waals surface area contributed by atoms with Gasteiger partial charge in [0.25, 0.3) is 0 Å². The molecule has 2 atom stereocenters. The summed E-state index contributed by atoms with van der Waals surface area (Å²) < 4.78 is 5.49. The van der Waals surface area contributed by atoms with Gasteiger partial charge in [0.1, 0.15) is 17.7 Å². The van der Waals surface area contributed by atoms with Crippen molar-refractivity contribution in [3.05, 3.63) is 70.8 Å². The van der Waals surface area contributed by atoms with E-state index in [1.807, 2.05) is 76.2 Å². The number of aryl methyl sites for hydroxylation is 2. The molecule has 0 aliphatic carbocycles. The molecule has 2 N–H and O–H groups in total. The second-order valence-electron chi connectivity index (χ2n) is 12.0. The Kier molecular flexibility index (Phi) is 12.7. The Morgan fingerprint density at radius 1 is 0.975 bits per heavy atom. The summed E-state index contributed by atoms with van der Waals surface area (Å²) in [6, 6.07) is 14.0. The second kappa shape index (κ2) is 15.4. The lowest BCUT2D eigenvalue weighted by Crippen LogP contribution is -2.53. The molecule has 40 heavy (non-hydrogen) atoms. The average Bonchev–Trinajstić information content (AvgIpc) is 2.86. The number of nitrogens with one attached hydrogen (secondary N) is 2. The van der Waals surface area contributed by atoms with Crippen molar-refractivity contribution in [3.8, 4) is 0 Å². The Labute approximate surface area is 241 Å². The fraction of sp³-hybridized carbons (Fsp3) is 0.545. The van der Waals surface area contributed by atoms with E-state index >= 15 is 0 Å². The maximum atomic E-state index is 14.3. The maximum absolute atomic E-state index is 14.3. The first-order valence-electron chi connectivity index (χ1n) is 14.5. The normalized spacial score (nSPS) is 12.9. The number of carbonyl (C=O) groups excluding carboxylic acids is 3. The summed E-state index contributed by atoms with van der Waals surface area (Å²) in [6.07, 6.45) is 2.42. The third kappa shape index (κ3) is 10.7. The maximum Gasteiger partial charge on any atom is 0.408 e. The van der Waals surface area contributed by atoms with Gasteiger partial charge in [-0.25, -0.2) is 4.79 Å². The molecule has 7 nitrogen and oxygen atoms in total. The summed E-state index contributed by atoms with van der Waals surface area (Å²) in [7, 11) is 0. The molecule has 2 aromatic carbocycles. The van der Waals surface area contributed by atoms with Gasteiger partial charge in [-0.3, -0.25) is 9.59 Å². The number of hydrogen-bond donors (Lipinski definition) is 2. The molecule has 0 saturated heterocycles. The van der Waals surface area contributed by atoms with Gasteiger partial charge in [-0.1, -0.05) is 87.7 Å². The lowest BCUT2D eigenvalue weighted by molar-refractivity contribution is -0.143. The molecule has 2 unspecified atom stereocenters. The van der Waals surface area contributed by atoms with Crippen LogP contribution in [0.25, 0.3) is 0 Å². The number of nitrogens with zero attached hydrogens (tertiary/aromatic N) is 1. The molecular formula is C33H49N3O4. The van der Waals surface area contributed by atoms with E-state index < -0.39 is 23.8 Å². The minimum Gasteiger partial charge on any atom is -0.444 e. The zero-order valence-electron chi connectivity index (χ0n) is 25.7. The van der Waals surface area contributed by atoms with Crippen LogP contribution < -0.4 is 10.6 Å². The van der Waals surface area contributed by atoms with E-state index in [0.29, 0.717) is 19.5 Å². The monoisotopic (exact) mass is 551 g/mol. The molecule has 0 aliphatic heterocycles. The molecule has 0 spiro atoms. The van der Waals surface area contributed by atoms with Crippen molar-refractivity contribution >= 4 is 17.9 Å². The number of unbranched alkanes of at least 4 members (excludes halogenated alkanes) is 2. The van der Waals surface area contributed by atoms with Crippen molar-refractivity contribution in [1.82, 2.24) is 15.5 Å². The van der Waals surface area contributed by atoms with Crippen LogP contribution in [-0.2, 0) is 20.9 Å². The van der Waals surface area contributed by atoms with E-state index in [9.17, 15) is 14.4 Å². The van der Waals surface area contributed by atoms with Gasteiger partial charge in [-0.2, -0.15) is 0 Å². The molecule has 0 aliphatic rings. The summed E-state index contributed by atoms with van der Waals surface area (Å²) in [6.45, 7) is 16.2. The summed E-state index contributed by atoms with van der Waals surface area (Å²) in [5, 5.41) is 5.89. The van der Waals surface area contributed by atoms with Crippen LogP contribution in [0.3, 0.4) is 0 Å². The highest BCUT2D eigenvalue weighted by molar-refractivity contribution is 5.92. The first-order chi connectivity index (χ1) is 18.8. The van der Waals surface area contributed by atoms with Crippen molar-refractivity contribution in [3.63, 3.8) is 0 Å². The van der Waals surface area contributed by atoms with E-state index in [2.05, 4.69) is 17.6 Å². The number of benzene rings is 2. The van der Waals surface area contributed by atoms with Crippen LogP contribution in [0, 0.1) is 19.8 Å². The SMILES string of the molecule is CCCCCN(C(=O)C(CC(C)C)NC(=O)OC(C)(C)C)C(C(=O)NCc1ccccc1)c1ccc(C)cc1C. The largest absolute Gasteiger partial charge is 0.444 e. The minimum absolute atomic E-state index is 0.132. The van der Waals surface area contributed by atoms with Crippen LogP contribution in [0.2, 0.25) is 0 Å². The summed E-state index contributed by atoms with van der Waals surface area (Å²) in [5.41, 5.74) is 3.08. The highest BCUT2D eigenvalue weighted by atomic mass is 16.6. The fourth-order valence-corrected chi connectivity index (χ4v) is 4.71. The molecule has 220 valence electrons. The molecular weight excluding hydrogens is 502 g/mol. The molecule has 0 heterocycles. The Morgan fingerprint density at radius 3 is 2.23 bits per heavy atom. The molecule has 0 saturated carbocycles. The van der Waals surface area contributed by atoms with Crippen molar-refractivity contribution in [2.24, 2.45) is 5.92 Å². The Balaban J connectivity index is 2.52. The van der Waals surface area contributed by atoms with E-state index in [1.54, 1.807) is 25.7 Å². The predicted octanol–water partition coefficient (Wildman–Crippen LogP) is 6.62. The van der Waals surface area contributed by atoms with Gasteiger partial charge in [0, 0.05) is 13.1 Å². The number of ether oxygens (including phenoxy) is 1. The van der Waals surface area contributed by atoms with Crippen LogP contribution in [0.5, 0.6) is 0 Å². The molecule has 2 aromatic rings. The molecule has 0 aromatic heterocycles. The zero-order chi connectivity index (χ0) is 29.9. The van der Waals surface area contributed by atoms with Gasteiger partial charge in [0.05, 0.1) is 0 Å². The van der Waals surface area contributed by atoms with Crippen LogP contribution in [0.15, 0.2) is 48.5 Å². The predicted molar refractivity (Wildman–Crippen MR) is 161 cm³/mol. The molecule has 0 fully saturated rings. The van der Waals surface area contributed by atoms with Crippen LogP contribution >= 0.6 is 0 Å². The lowest BCUT2D eigenvalue weighted by atomic mass is 9.95. The number of rotatable bonds is 13. The lowest BCUT2D eigenvalue weighted by Gasteiger charge is -2.35. The van der Waals surface area contributed by atoms with Crippen LogP contribution in [0.1, 0.15) is 95.5 Å². The third-order valence-corrected chi connectivity index (χ3v) is 6.57. The topological polar surface area (TPSA) is 87.7 Å². The first-order valence-corrected chi connectivity index (χ1v) is 14.5. The Bertz CT molecular complexity index is 1110. The van der Waals surface area contributed by atoms with Crippen molar-refractivity contribution in [1.29, 1.82) is 0 Å². The van der Waals surface area contributed by atoms with Gasteiger partial charge in [-0.15, -0.1) is 0 Å². The number of alkyl carbamates (subject to hydrolysis) is 1. The van der Waals surface area contributed by atoms with Gasteiger partial charge < -0.3 is 20.3 Å². The summed E-state index contributed by atoms with van der Waals surface area (Å²) in [4.78, 5) is 42.7. The minimum atomic E-state index is -0.844. The molecule has 2 rings (SSSR count). The van der Waals surface area contributed by atoms with E-state index in [-0.39, 0.29) is 17.7 Å². The quantitative estimate of drug-likeness (QED) is 0.274. The van der Waals surface area contributed by atoms with Crippen molar-refractivity contribution in [2.75, 3.05) is 6.54 Å². The van der Waals surface area contributed by atoms with Crippen LogP contribution in [-0.4, -0.2) is 41.0 Å². The average molecular weight is 552 g/mol. The van der Waals surface area contributed by atoms with E-state index in [4.69, 9.17) is 4.74 Å². The second-order valence-corrected chi connectivity index (χ2v) is 12.0. The summed E-state index contributed by atoms with van der Waals surface area (Å²) >= 11 is 0. The highest BCUT2D eigenvalue weighted by Crippen LogP contribution is 2.28. The smallest absolute Gasteiger partial charge is 0.408 e. The third-order valence-electron chi connectivity index (χ3n) is 6.57. The molecule has 0 radical (unpaired) electrons. The van der Waals surface area contributed by atoms with Crippen molar-refractivity contribution in [2.45, 2.75) is 105 Å². The molecule has 3 amide bonds. The highest BCUT2D eigenvalue weighted by Gasteiger charge is 2.37. The number of carbonyl (C=O) groups is 3. The first kappa shape index (κ1) is 32.9. The van der Waals surface area contributed by atoms with Gasteiger partial charge in [-0.05, 0) is 70.1 Å². The van der Waals surface area contributed by atoms with E-state index in [1.165, 1.54) is 0 Å². The van der Waals surface area contributed by atoms with Crippen LogP contribution in [0.4, 0.5) is 4.79 Å². The number of hydrogen-bond acceptors (Lipinski definition) is 4. The van der Waals surface area contributed by atoms with Gasteiger partial charge in [0.2, 0.25) is 11.8 Å². The van der Waals surface area contributed by atoms with Gasteiger partial charge in [0.15, 0.2) is 0 Å². The Hall–Kier alpha value is -3.35. The van der Waals surface area contributed by atoms with Crippen molar-refractivity contribution < 1.29 is 19.1 Å². The van der Waals surface area contributed by atoms with E-state index in [0.717, 1.165) is 41.5 Å². The molecule has 0 bridgehead atoms. The zero-order valence-corrected chi connectivity index (χ0v) is 25.7. The Morgan fingerprint density at radius 2 is 1.65 bits per heavy atom. The number of amides is 3. The summed E-state index contributed by atoms with van der Waals surface area (Å²) in [5.74, 6) is -0.399. The fourth-order valence-electron chi connectivity index (χ4n) is 4.71. The standard InChI is InChI=1S/C33H49N3O4/c1-9-10-14-19-36(31(38)28(20-23(2)3)35-32(39)40-33(6,7)8)29(27-18-17-24(4)21-25(27)5)30(37)34-22-26-15-12-11-13-16-26/h11-13,15-18,21,23,28-29H,9-10,14,19-20,22H2,1-8H3,(H,34,37)(H,35,39). The molecule has 7 heteroatoms.